The first-order chi connectivity index (χ1) is 23.1. The van der Waals surface area contributed by atoms with E-state index in [4.69, 9.17) is 16.3 Å². The molecule has 11 heteroatoms. The van der Waals surface area contributed by atoms with E-state index in [1.54, 1.807) is 61.5 Å². The molecule has 48 heavy (non-hydrogen) atoms. The number of sulfonamides is 1. The number of para-hydroxylation sites is 2. The molecule has 0 aliphatic heterocycles. The summed E-state index contributed by atoms with van der Waals surface area (Å²) in [7, 11) is -4.29. The molecule has 2 amide bonds. The standard InChI is InChI=1S/C37H42ClN3O5S2/c1-5-27(3)39-37(43)34(24-28-14-8-7-9-15-28)40(25-29-16-10-11-17-32(29)38)36(42)26-41(33-18-12-13-19-35(33)46-6-2)48(44,45)31-22-20-30(47-4)21-23-31/h7-23,27,34H,5-6,24-26H2,1-4H3,(H,39,43)/t27-,34-/m0/s1. The molecule has 0 aliphatic rings. The minimum Gasteiger partial charge on any atom is -0.492 e. The van der Waals surface area contributed by atoms with Crippen molar-refractivity contribution in [2.24, 2.45) is 0 Å². The molecule has 8 nitrogen and oxygen atoms in total. The Morgan fingerprint density at radius 1 is 0.896 bits per heavy atom. The Kier molecular flexibility index (Phi) is 13.4. The van der Waals surface area contributed by atoms with E-state index >= 15 is 0 Å². The highest BCUT2D eigenvalue weighted by molar-refractivity contribution is 7.98. The number of anilines is 1. The van der Waals surface area contributed by atoms with Crippen LogP contribution in [0.15, 0.2) is 113 Å². The van der Waals surface area contributed by atoms with Crippen LogP contribution in [-0.4, -0.2) is 56.6 Å². The SMILES string of the molecule is CCOc1ccccc1N(CC(=O)N(Cc1ccccc1Cl)[C@@H](Cc1ccccc1)C(=O)N[C@@H](C)CC)S(=O)(=O)c1ccc(SC)cc1. The van der Waals surface area contributed by atoms with Crippen molar-refractivity contribution in [2.45, 2.75) is 62.0 Å². The minimum atomic E-state index is -4.29. The summed E-state index contributed by atoms with van der Waals surface area (Å²) in [4.78, 5) is 31.1. The van der Waals surface area contributed by atoms with Crippen molar-refractivity contribution in [3.63, 3.8) is 0 Å². The molecule has 254 valence electrons. The number of benzene rings is 4. The van der Waals surface area contributed by atoms with Gasteiger partial charge in [0.2, 0.25) is 11.8 Å². The van der Waals surface area contributed by atoms with Crippen molar-refractivity contribution in [3.05, 3.63) is 119 Å². The molecule has 0 heterocycles. The molecule has 0 saturated carbocycles. The number of ether oxygens (including phenoxy) is 1. The zero-order chi connectivity index (χ0) is 34.7. The van der Waals surface area contributed by atoms with Crippen LogP contribution in [-0.2, 0) is 32.6 Å². The lowest BCUT2D eigenvalue weighted by Crippen LogP contribution is -2.54. The van der Waals surface area contributed by atoms with Crippen LogP contribution >= 0.6 is 23.4 Å². The second kappa shape index (κ2) is 17.4. The highest BCUT2D eigenvalue weighted by Crippen LogP contribution is 2.33. The Hall–Kier alpha value is -3.99. The molecule has 4 aromatic carbocycles. The molecule has 4 aromatic rings. The zero-order valence-corrected chi connectivity index (χ0v) is 30.0. The molecular weight excluding hydrogens is 666 g/mol. The zero-order valence-electron chi connectivity index (χ0n) is 27.6. The Balaban J connectivity index is 1.85. The number of carbonyl (C=O) groups is 2. The second-order valence-electron chi connectivity index (χ2n) is 11.2. The third-order valence-electron chi connectivity index (χ3n) is 7.93. The van der Waals surface area contributed by atoms with Crippen molar-refractivity contribution < 1.29 is 22.7 Å². The van der Waals surface area contributed by atoms with E-state index in [0.717, 1.165) is 14.8 Å². The first kappa shape index (κ1) is 36.8. The summed E-state index contributed by atoms with van der Waals surface area (Å²) in [6, 6.07) is 28.7. The smallest absolute Gasteiger partial charge is 0.264 e. The quantitative estimate of drug-likeness (QED) is 0.124. The molecule has 0 aromatic heterocycles. The van der Waals surface area contributed by atoms with Gasteiger partial charge in [-0.15, -0.1) is 11.8 Å². The molecule has 2 atom stereocenters. The van der Waals surface area contributed by atoms with Crippen LogP contribution in [0.3, 0.4) is 0 Å². The van der Waals surface area contributed by atoms with Crippen LogP contribution in [0.2, 0.25) is 5.02 Å². The van der Waals surface area contributed by atoms with E-state index in [9.17, 15) is 18.0 Å². The van der Waals surface area contributed by atoms with Gasteiger partial charge in [0.1, 0.15) is 18.3 Å². The average molecular weight is 708 g/mol. The summed E-state index contributed by atoms with van der Waals surface area (Å²) < 4.78 is 35.8. The summed E-state index contributed by atoms with van der Waals surface area (Å²) in [6.07, 6.45) is 2.80. The van der Waals surface area contributed by atoms with Crippen molar-refractivity contribution in [1.82, 2.24) is 10.2 Å². The summed E-state index contributed by atoms with van der Waals surface area (Å²) in [5.74, 6) is -0.610. The van der Waals surface area contributed by atoms with Crippen LogP contribution in [0, 0.1) is 0 Å². The van der Waals surface area contributed by atoms with Gasteiger partial charge in [-0.2, -0.15) is 0 Å². The largest absolute Gasteiger partial charge is 0.492 e. The van der Waals surface area contributed by atoms with Crippen LogP contribution < -0.4 is 14.4 Å². The van der Waals surface area contributed by atoms with E-state index in [1.807, 2.05) is 56.5 Å². The van der Waals surface area contributed by atoms with Gasteiger partial charge in [0.05, 0.1) is 17.2 Å². The number of hydrogen-bond donors (Lipinski definition) is 1. The van der Waals surface area contributed by atoms with Gasteiger partial charge in [-0.1, -0.05) is 79.2 Å². The number of amides is 2. The summed E-state index contributed by atoms with van der Waals surface area (Å²) in [5.41, 5.74) is 1.68. The fourth-order valence-corrected chi connectivity index (χ4v) is 7.16. The fourth-order valence-electron chi connectivity index (χ4n) is 5.13. The summed E-state index contributed by atoms with van der Waals surface area (Å²) >= 11 is 8.09. The van der Waals surface area contributed by atoms with Crippen LogP contribution in [0.1, 0.15) is 38.3 Å². The molecule has 0 spiro atoms. The average Bonchev–Trinajstić information content (AvgIpc) is 3.10. The van der Waals surface area contributed by atoms with Gasteiger partial charge in [0.25, 0.3) is 10.0 Å². The predicted octanol–water partition coefficient (Wildman–Crippen LogP) is 7.21. The monoisotopic (exact) mass is 707 g/mol. The summed E-state index contributed by atoms with van der Waals surface area (Å²) in [5, 5.41) is 3.47. The second-order valence-corrected chi connectivity index (χ2v) is 14.4. The molecule has 0 radical (unpaired) electrons. The molecule has 0 saturated heterocycles. The lowest BCUT2D eigenvalue weighted by molar-refractivity contribution is -0.140. The number of nitrogens with zero attached hydrogens (tertiary/aromatic N) is 2. The van der Waals surface area contributed by atoms with E-state index in [-0.39, 0.29) is 42.1 Å². The number of thioether (sulfide) groups is 1. The number of nitrogens with one attached hydrogen (secondary N) is 1. The van der Waals surface area contributed by atoms with E-state index in [0.29, 0.717) is 22.8 Å². The molecular formula is C37H42ClN3O5S2. The lowest BCUT2D eigenvalue weighted by Gasteiger charge is -2.34. The maximum absolute atomic E-state index is 14.7. The van der Waals surface area contributed by atoms with Gasteiger partial charge >= 0.3 is 0 Å². The van der Waals surface area contributed by atoms with Gasteiger partial charge in [0, 0.05) is 28.9 Å². The maximum Gasteiger partial charge on any atom is 0.264 e. The minimum absolute atomic E-state index is 0.0205. The van der Waals surface area contributed by atoms with Crippen molar-refractivity contribution in [3.8, 4) is 5.75 Å². The molecule has 4 rings (SSSR count). The van der Waals surface area contributed by atoms with E-state index in [2.05, 4.69) is 5.32 Å². The molecule has 0 aliphatic carbocycles. The highest BCUT2D eigenvalue weighted by Gasteiger charge is 2.36. The number of rotatable bonds is 16. The van der Waals surface area contributed by atoms with Gasteiger partial charge in [-0.3, -0.25) is 13.9 Å². The molecule has 0 bridgehead atoms. The molecule has 1 N–H and O–H groups in total. The number of carbonyl (C=O) groups excluding carboxylic acids is 2. The third-order valence-corrected chi connectivity index (χ3v) is 10.8. The number of hydrogen-bond acceptors (Lipinski definition) is 6. The topological polar surface area (TPSA) is 96.0 Å². The lowest BCUT2D eigenvalue weighted by atomic mass is 10.0. The Bertz CT molecular complexity index is 1770. The van der Waals surface area contributed by atoms with Crippen LogP contribution in [0.4, 0.5) is 5.69 Å². The van der Waals surface area contributed by atoms with Gasteiger partial charge < -0.3 is 15.0 Å². The predicted molar refractivity (Wildman–Crippen MR) is 194 cm³/mol. The normalized spacial score (nSPS) is 12.5. The number of halogens is 1. The first-order valence-electron chi connectivity index (χ1n) is 15.8. The van der Waals surface area contributed by atoms with Gasteiger partial charge in [-0.25, -0.2) is 8.42 Å². The Morgan fingerprint density at radius 2 is 1.54 bits per heavy atom. The van der Waals surface area contributed by atoms with Crippen molar-refractivity contribution in [2.75, 3.05) is 23.7 Å². The first-order valence-corrected chi connectivity index (χ1v) is 18.9. The maximum atomic E-state index is 14.7. The molecule has 0 unspecified atom stereocenters. The molecule has 0 fully saturated rings. The van der Waals surface area contributed by atoms with Gasteiger partial charge in [0.15, 0.2) is 0 Å². The highest BCUT2D eigenvalue weighted by atomic mass is 35.5. The Morgan fingerprint density at radius 3 is 2.19 bits per heavy atom. The van der Waals surface area contributed by atoms with Crippen LogP contribution in [0.5, 0.6) is 5.75 Å². The fraction of sp³-hybridized carbons (Fsp3) is 0.297. The van der Waals surface area contributed by atoms with Crippen LogP contribution in [0.25, 0.3) is 0 Å². The summed E-state index contributed by atoms with van der Waals surface area (Å²) in [6.45, 7) is 5.34. The third kappa shape index (κ3) is 9.33. The van der Waals surface area contributed by atoms with Crippen molar-refractivity contribution >= 4 is 50.9 Å². The Labute approximate surface area is 293 Å². The van der Waals surface area contributed by atoms with E-state index in [1.165, 1.54) is 28.8 Å². The van der Waals surface area contributed by atoms with Gasteiger partial charge in [-0.05, 0) is 80.1 Å². The van der Waals surface area contributed by atoms with E-state index < -0.39 is 28.5 Å². The van der Waals surface area contributed by atoms with Crippen molar-refractivity contribution in [1.29, 1.82) is 0 Å².